The van der Waals surface area contributed by atoms with Crippen LogP contribution in [0.5, 0.6) is 0 Å². The van der Waals surface area contributed by atoms with Crippen LogP contribution in [0.2, 0.25) is 0 Å². The molecule has 0 unspecified atom stereocenters. The lowest BCUT2D eigenvalue weighted by Gasteiger charge is -2.35. The van der Waals surface area contributed by atoms with Crippen molar-refractivity contribution in [2.24, 2.45) is 11.8 Å². The van der Waals surface area contributed by atoms with Gasteiger partial charge in [0, 0.05) is 32.7 Å². The van der Waals surface area contributed by atoms with Gasteiger partial charge in [-0.15, -0.1) is 0 Å². The number of hydrogen-bond donors (Lipinski definition) is 0. The van der Waals surface area contributed by atoms with Gasteiger partial charge < -0.3 is 14.4 Å². The molecule has 0 aromatic carbocycles. The van der Waals surface area contributed by atoms with Crippen LogP contribution >= 0.6 is 0 Å². The maximum Gasteiger partial charge on any atom is 0.225 e. The Labute approximate surface area is 122 Å². The first-order chi connectivity index (χ1) is 9.81. The monoisotopic (exact) mass is 283 g/mol. The molecule has 1 aliphatic heterocycles. The Hall–Kier alpha value is -0.610. The topological polar surface area (TPSA) is 38.8 Å². The molecule has 0 atom stereocenters. The molecule has 0 bridgehead atoms. The van der Waals surface area contributed by atoms with Crippen LogP contribution in [-0.4, -0.2) is 50.8 Å². The van der Waals surface area contributed by atoms with Gasteiger partial charge >= 0.3 is 0 Å². The fourth-order valence-electron chi connectivity index (χ4n) is 3.32. The summed E-state index contributed by atoms with van der Waals surface area (Å²) < 4.78 is 10.6. The molecule has 0 N–H and O–H groups in total. The molecule has 0 spiro atoms. The first-order valence-corrected chi connectivity index (χ1v) is 8.16. The molecule has 1 aliphatic carbocycles. The highest BCUT2D eigenvalue weighted by Gasteiger charge is 2.28. The molecule has 1 heterocycles. The van der Waals surface area contributed by atoms with Crippen LogP contribution < -0.4 is 0 Å². The van der Waals surface area contributed by atoms with Crippen LogP contribution in [0.4, 0.5) is 0 Å². The van der Waals surface area contributed by atoms with E-state index in [4.69, 9.17) is 9.47 Å². The SMILES string of the molecule is COCCOCC1CCN(C(=O)C2CCCCC2)CC1. The van der Waals surface area contributed by atoms with Crippen LogP contribution in [0.15, 0.2) is 0 Å². The summed E-state index contributed by atoms with van der Waals surface area (Å²) in [5, 5.41) is 0. The second kappa shape index (κ2) is 8.63. The van der Waals surface area contributed by atoms with Crippen molar-refractivity contribution in [1.82, 2.24) is 4.90 Å². The van der Waals surface area contributed by atoms with E-state index in [1.54, 1.807) is 7.11 Å². The van der Waals surface area contributed by atoms with E-state index < -0.39 is 0 Å². The first-order valence-electron chi connectivity index (χ1n) is 8.16. The lowest BCUT2D eigenvalue weighted by molar-refractivity contribution is -0.138. The number of piperidine rings is 1. The third-order valence-corrected chi connectivity index (χ3v) is 4.67. The van der Waals surface area contributed by atoms with Crippen molar-refractivity contribution in [3.8, 4) is 0 Å². The highest BCUT2D eigenvalue weighted by atomic mass is 16.5. The maximum atomic E-state index is 12.4. The number of amides is 1. The summed E-state index contributed by atoms with van der Waals surface area (Å²) in [5.74, 6) is 1.35. The van der Waals surface area contributed by atoms with Crippen molar-refractivity contribution in [2.75, 3.05) is 40.0 Å². The fourth-order valence-corrected chi connectivity index (χ4v) is 3.32. The Balaban J connectivity index is 1.64. The third kappa shape index (κ3) is 4.74. The molecule has 1 saturated carbocycles. The lowest BCUT2D eigenvalue weighted by atomic mass is 9.87. The molecule has 0 radical (unpaired) electrons. The van der Waals surface area contributed by atoms with Crippen molar-refractivity contribution >= 4 is 5.91 Å². The number of nitrogens with zero attached hydrogens (tertiary/aromatic N) is 1. The minimum Gasteiger partial charge on any atom is -0.382 e. The van der Waals surface area contributed by atoms with Gasteiger partial charge in [-0.25, -0.2) is 0 Å². The molecule has 0 aromatic heterocycles. The summed E-state index contributed by atoms with van der Waals surface area (Å²) in [7, 11) is 1.69. The molecular weight excluding hydrogens is 254 g/mol. The third-order valence-electron chi connectivity index (χ3n) is 4.67. The average Bonchev–Trinajstić information content (AvgIpc) is 2.52. The predicted octanol–water partition coefficient (Wildman–Crippen LogP) is 2.47. The van der Waals surface area contributed by atoms with Crippen LogP contribution in [0, 0.1) is 11.8 Å². The predicted molar refractivity (Wildman–Crippen MR) is 78.6 cm³/mol. The van der Waals surface area contributed by atoms with Gasteiger partial charge in [0.15, 0.2) is 0 Å². The van der Waals surface area contributed by atoms with Gasteiger partial charge in [0.05, 0.1) is 13.2 Å². The van der Waals surface area contributed by atoms with E-state index in [2.05, 4.69) is 4.90 Å². The van der Waals surface area contributed by atoms with E-state index in [1.165, 1.54) is 19.3 Å². The summed E-state index contributed by atoms with van der Waals surface area (Å²) in [6.07, 6.45) is 8.18. The molecule has 1 amide bonds. The van der Waals surface area contributed by atoms with Gasteiger partial charge in [-0.05, 0) is 31.6 Å². The molecular formula is C16H29NO3. The number of ether oxygens (including phenoxy) is 2. The van der Waals surface area contributed by atoms with Gasteiger partial charge in [-0.1, -0.05) is 19.3 Å². The van der Waals surface area contributed by atoms with E-state index in [9.17, 15) is 4.79 Å². The molecule has 0 aromatic rings. The number of carbonyl (C=O) groups is 1. The number of carbonyl (C=O) groups excluding carboxylic acids is 1. The van der Waals surface area contributed by atoms with Gasteiger partial charge in [-0.2, -0.15) is 0 Å². The van der Waals surface area contributed by atoms with Gasteiger partial charge in [0.1, 0.15) is 0 Å². The van der Waals surface area contributed by atoms with Crippen molar-refractivity contribution in [1.29, 1.82) is 0 Å². The highest BCUT2D eigenvalue weighted by molar-refractivity contribution is 5.79. The molecule has 116 valence electrons. The molecule has 4 nitrogen and oxygen atoms in total. The largest absolute Gasteiger partial charge is 0.382 e. The Morgan fingerprint density at radius 2 is 1.75 bits per heavy atom. The molecule has 2 aliphatic rings. The Kier molecular flexibility index (Phi) is 6.80. The quantitative estimate of drug-likeness (QED) is 0.703. The Morgan fingerprint density at radius 3 is 2.40 bits per heavy atom. The minimum atomic E-state index is 0.318. The van der Waals surface area contributed by atoms with Crippen molar-refractivity contribution < 1.29 is 14.3 Å². The zero-order valence-electron chi connectivity index (χ0n) is 12.8. The summed E-state index contributed by atoms with van der Waals surface area (Å²) in [5.41, 5.74) is 0. The normalized spacial score (nSPS) is 22.1. The zero-order chi connectivity index (χ0) is 14.2. The van der Waals surface area contributed by atoms with E-state index in [0.717, 1.165) is 45.4 Å². The standard InChI is InChI=1S/C16H29NO3/c1-19-11-12-20-13-14-7-9-17(10-8-14)16(18)15-5-3-2-4-6-15/h14-15H,2-13H2,1H3. The summed E-state index contributed by atoms with van der Waals surface area (Å²) in [4.78, 5) is 14.5. The molecule has 1 saturated heterocycles. The van der Waals surface area contributed by atoms with E-state index in [0.29, 0.717) is 31.0 Å². The van der Waals surface area contributed by atoms with E-state index in [-0.39, 0.29) is 0 Å². The molecule has 2 rings (SSSR count). The second-order valence-corrected chi connectivity index (χ2v) is 6.17. The molecule has 20 heavy (non-hydrogen) atoms. The molecule has 2 fully saturated rings. The summed E-state index contributed by atoms with van der Waals surface area (Å²) >= 11 is 0. The zero-order valence-corrected chi connectivity index (χ0v) is 12.8. The van der Waals surface area contributed by atoms with E-state index >= 15 is 0 Å². The van der Waals surface area contributed by atoms with Crippen molar-refractivity contribution in [3.63, 3.8) is 0 Å². The summed E-state index contributed by atoms with van der Waals surface area (Å²) in [6.45, 7) is 4.01. The smallest absolute Gasteiger partial charge is 0.225 e. The lowest BCUT2D eigenvalue weighted by Crippen LogP contribution is -2.43. The van der Waals surface area contributed by atoms with E-state index in [1.807, 2.05) is 0 Å². The Morgan fingerprint density at radius 1 is 1.05 bits per heavy atom. The number of hydrogen-bond acceptors (Lipinski definition) is 3. The molecule has 4 heteroatoms. The van der Waals surface area contributed by atoms with Crippen molar-refractivity contribution in [2.45, 2.75) is 44.9 Å². The highest BCUT2D eigenvalue weighted by Crippen LogP contribution is 2.27. The minimum absolute atomic E-state index is 0.318. The van der Waals surface area contributed by atoms with Gasteiger partial charge in [-0.3, -0.25) is 4.79 Å². The second-order valence-electron chi connectivity index (χ2n) is 6.17. The Bertz CT molecular complexity index is 281. The fraction of sp³-hybridized carbons (Fsp3) is 0.938. The number of rotatable bonds is 6. The average molecular weight is 283 g/mol. The van der Waals surface area contributed by atoms with Gasteiger partial charge in [0.25, 0.3) is 0 Å². The van der Waals surface area contributed by atoms with Crippen LogP contribution in [0.25, 0.3) is 0 Å². The number of methoxy groups -OCH3 is 1. The van der Waals surface area contributed by atoms with Crippen LogP contribution in [0.1, 0.15) is 44.9 Å². The van der Waals surface area contributed by atoms with Crippen LogP contribution in [0.3, 0.4) is 0 Å². The van der Waals surface area contributed by atoms with Crippen LogP contribution in [-0.2, 0) is 14.3 Å². The number of likely N-dealkylation sites (tertiary alicyclic amines) is 1. The first kappa shape index (κ1) is 15.8. The van der Waals surface area contributed by atoms with Gasteiger partial charge in [0.2, 0.25) is 5.91 Å². The van der Waals surface area contributed by atoms with Crippen molar-refractivity contribution in [3.05, 3.63) is 0 Å². The maximum absolute atomic E-state index is 12.4. The summed E-state index contributed by atoms with van der Waals surface area (Å²) in [6, 6.07) is 0.